The Morgan fingerprint density at radius 3 is 2.68 bits per heavy atom. The summed E-state index contributed by atoms with van der Waals surface area (Å²) in [5.74, 6) is 1.18. The number of hydrogen-bond acceptors (Lipinski definition) is 4. The van der Waals surface area contributed by atoms with Gasteiger partial charge in [-0.05, 0) is 12.8 Å². The quantitative estimate of drug-likeness (QED) is 0.785. The van der Waals surface area contributed by atoms with Crippen LogP contribution < -0.4 is 10.2 Å². The minimum absolute atomic E-state index is 0.0288. The van der Waals surface area contributed by atoms with Crippen molar-refractivity contribution in [2.24, 2.45) is 13.0 Å². The van der Waals surface area contributed by atoms with Crippen molar-refractivity contribution < 1.29 is 9.90 Å². The van der Waals surface area contributed by atoms with E-state index < -0.39 is 0 Å². The van der Waals surface area contributed by atoms with E-state index in [9.17, 15) is 9.90 Å². The van der Waals surface area contributed by atoms with Gasteiger partial charge in [-0.1, -0.05) is 13.8 Å². The molecule has 0 aliphatic heterocycles. The number of aliphatic hydroxyl groups is 1. The van der Waals surface area contributed by atoms with Crippen LogP contribution in [0.2, 0.25) is 0 Å². The molecular weight excluding hydrogens is 244 g/mol. The zero-order chi connectivity index (χ0) is 14.6. The molecule has 0 fully saturated rings. The third kappa shape index (κ3) is 3.96. The fraction of sp³-hybridized carbons (Fsp3) is 0.692. The summed E-state index contributed by atoms with van der Waals surface area (Å²) in [6.45, 7) is 6.80. The van der Waals surface area contributed by atoms with Gasteiger partial charge in [-0.25, -0.2) is 0 Å². The zero-order valence-corrected chi connectivity index (χ0v) is 12.4. The van der Waals surface area contributed by atoms with Gasteiger partial charge >= 0.3 is 0 Å². The van der Waals surface area contributed by atoms with Gasteiger partial charge in [0, 0.05) is 26.2 Å². The van der Waals surface area contributed by atoms with Crippen LogP contribution in [0.4, 0.5) is 5.82 Å². The number of anilines is 1. The summed E-state index contributed by atoms with van der Waals surface area (Å²) >= 11 is 0. The number of carbonyl (C=O) groups excluding carboxylic acids is 1. The number of aryl methyl sites for hydroxylation is 2. The fourth-order valence-corrected chi connectivity index (χ4v) is 2.02. The Morgan fingerprint density at radius 2 is 2.16 bits per heavy atom. The highest BCUT2D eigenvalue weighted by Gasteiger charge is 2.18. The lowest BCUT2D eigenvalue weighted by atomic mass is 10.2. The van der Waals surface area contributed by atoms with Crippen molar-refractivity contribution >= 4 is 11.7 Å². The van der Waals surface area contributed by atoms with Crippen molar-refractivity contribution in [2.75, 3.05) is 25.0 Å². The van der Waals surface area contributed by atoms with E-state index in [1.165, 1.54) is 0 Å². The van der Waals surface area contributed by atoms with Gasteiger partial charge in [-0.15, -0.1) is 0 Å². The third-order valence-corrected chi connectivity index (χ3v) is 2.92. The minimum Gasteiger partial charge on any atom is -0.391 e. The molecule has 2 N–H and O–H groups in total. The number of aromatic nitrogens is 2. The molecule has 0 spiro atoms. The Labute approximate surface area is 114 Å². The molecule has 19 heavy (non-hydrogen) atoms. The first-order chi connectivity index (χ1) is 8.86. The highest BCUT2D eigenvalue weighted by atomic mass is 16.3. The molecule has 0 aliphatic rings. The number of nitrogens with zero attached hydrogens (tertiary/aromatic N) is 3. The predicted octanol–water partition coefficient (Wildman–Crippen LogP) is 0.429. The molecule has 0 atom stereocenters. The number of rotatable bonds is 6. The van der Waals surface area contributed by atoms with Crippen LogP contribution in [0.1, 0.15) is 25.1 Å². The summed E-state index contributed by atoms with van der Waals surface area (Å²) in [7, 11) is 3.63. The molecule has 1 amide bonds. The summed E-state index contributed by atoms with van der Waals surface area (Å²) in [6, 6.07) is 0. The lowest BCUT2D eigenvalue weighted by Crippen LogP contribution is -2.37. The molecule has 0 saturated carbocycles. The highest BCUT2D eigenvalue weighted by Crippen LogP contribution is 2.21. The molecule has 0 unspecified atom stereocenters. The van der Waals surface area contributed by atoms with Gasteiger partial charge in [0.2, 0.25) is 5.91 Å². The smallest absolute Gasteiger partial charge is 0.239 e. The molecular formula is C13H24N4O2. The summed E-state index contributed by atoms with van der Waals surface area (Å²) in [5.41, 5.74) is 1.55. The van der Waals surface area contributed by atoms with Crippen molar-refractivity contribution in [3.05, 3.63) is 11.3 Å². The molecule has 1 heterocycles. The number of aliphatic hydroxyl groups excluding tert-OH is 1. The van der Waals surface area contributed by atoms with Gasteiger partial charge in [0.1, 0.15) is 5.82 Å². The Morgan fingerprint density at radius 1 is 1.53 bits per heavy atom. The second kappa shape index (κ2) is 6.56. The Hall–Kier alpha value is -1.56. The van der Waals surface area contributed by atoms with Gasteiger partial charge in [-0.2, -0.15) is 5.10 Å². The molecule has 0 aliphatic carbocycles. The topological polar surface area (TPSA) is 70.4 Å². The first-order valence-corrected chi connectivity index (χ1v) is 6.48. The molecule has 1 aromatic rings. The van der Waals surface area contributed by atoms with E-state index >= 15 is 0 Å². The molecule has 6 nitrogen and oxygen atoms in total. The van der Waals surface area contributed by atoms with E-state index in [0.29, 0.717) is 12.5 Å². The lowest BCUT2D eigenvalue weighted by Gasteiger charge is -2.20. The summed E-state index contributed by atoms with van der Waals surface area (Å²) in [6.07, 6.45) is 0. The SMILES string of the molecule is Cc1nn(C)c(N(C)CC(=O)NCC(C)C)c1CO. The van der Waals surface area contributed by atoms with E-state index in [-0.39, 0.29) is 19.1 Å². The fourth-order valence-electron chi connectivity index (χ4n) is 2.02. The van der Waals surface area contributed by atoms with Crippen LogP contribution in [0.5, 0.6) is 0 Å². The van der Waals surface area contributed by atoms with E-state index in [4.69, 9.17) is 0 Å². The van der Waals surface area contributed by atoms with Crippen molar-refractivity contribution in [1.82, 2.24) is 15.1 Å². The molecule has 108 valence electrons. The van der Waals surface area contributed by atoms with Crippen molar-refractivity contribution in [3.63, 3.8) is 0 Å². The van der Waals surface area contributed by atoms with E-state index in [1.54, 1.807) is 9.58 Å². The molecule has 0 saturated heterocycles. The lowest BCUT2D eigenvalue weighted by molar-refractivity contribution is -0.119. The minimum atomic E-state index is -0.0764. The molecule has 0 bridgehead atoms. The van der Waals surface area contributed by atoms with Gasteiger partial charge in [0.25, 0.3) is 0 Å². The molecule has 1 aromatic heterocycles. The maximum Gasteiger partial charge on any atom is 0.239 e. The molecule has 0 aromatic carbocycles. The van der Waals surface area contributed by atoms with E-state index in [0.717, 1.165) is 17.1 Å². The largest absolute Gasteiger partial charge is 0.391 e. The zero-order valence-electron chi connectivity index (χ0n) is 12.4. The van der Waals surface area contributed by atoms with Gasteiger partial charge in [0.15, 0.2) is 0 Å². The second-order valence-corrected chi connectivity index (χ2v) is 5.22. The molecule has 1 rings (SSSR count). The normalized spacial score (nSPS) is 10.9. The Bertz CT molecular complexity index is 440. The number of likely N-dealkylation sites (N-methyl/N-ethyl adjacent to an activating group) is 1. The van der Waals surface area contributed by atoms with Gasteiger partial charge in [0.05, 0.1) is 18.8 Å². The van der Waals surface area contributed by atoms with E-state index in [1.807, 2.05) is 21.0 Å². The maximum atomic E-state index is 11.8. The van der Waals surface area contributed by atoms with Crippen LogP contribution in [0.3, 0.4) is 0 Å². The van der Waals surface area contributed by atoms with Crippen LogP contribution in [0, 0.1) is 12.8 Å². The standard InChI is InChI=1S/C13H24N4O2/c1-9(2)6-14-12(19)7-16(4)13-11(8-18)10(3)15-17(13)5/h9,18H,6-8H2,1-5H3,(H,14,19). The van der Waals surface area contributed by atoms with Crippen LogP contribution in [0.15, 0.2) is 0 Å². The number of nitrogens with one attached hydrogen (secondary N) is 1. The number of hydrogen-bond donors (Lipinski definition) is 2. The average Bonchev–Trinajstić information content (AvgIpc) is 2.60. The van der Waals surface area contributed by atoms with Crippen LogP contribution >= 0.6 is 0 Å². The summed E-state index contributed by atoms with van der Waals surface area (Å²) < 4.78 is 1.69. The Kier molecular flexibility index (Phi) is 5.35. The average molecular weight is 268 g/mol. The van der Waals surface area contributed by atoms with E-state index in [2.05, 4.69) is 24.3 Å². The monoisotopic (exact) mass is 268 g/mol. The molecule has 0 radical (unpaired) electrons. The first kappa shape index (κ1) is 15.5. The van der Waals surface area contributed by atoms with Crippen molar-refractivity contribution in [2.45, 2.75) is 27.4 Å². The third-order valence-electron chi connectivity index (χ3n) is 2.92. The Balaban J connectivity index is 2.73. The summed E-state index contributed by atoms with van der Waals surface area (Å²) in [4.78, 5) is 13.6. The van der Waals surface area contributed by atoms with Crippen LogP contribution in [0.25, 0.3) is 0 Å². The number of amides is 1. The summed E-state index contributed by atoms with van der Waals surface area (Å²) in [5, 5.41) is 16.5. The van der Waals surface area contributed by atoms with Gasteiger partial charge < -0.3 is 15.3 Å². The van der Waals surface area contributed by atoms with Crippen molar-refractivity contribution in [1.29, 1.82) is 0 Å². The highest BCUT2D eigenvalue weighted by molar-refractivity contribution is 5.81. The maximum absolute atomic E-state index is 11.8. The van der Waals surface area contributed by atoms with Crippen molar-refractivity contribution in [3.8, 4) is 0 Å². The number of carbonyl (C=O) groups is 1. The van der Waals surface area contributed by atoms with Crippen LogP contribution in [-0.2, 0) is 18.4 Å². The first-order valence-electron chi connectivity index (χ1n) is 6.48. The second-order valence-electron chi connectivity index (χ2n) is 5.22. The van der Waals surface area contributed by atoms with Gasteiger partial charge in [-0.3, -0.25) is 9.48 Å². The predicted molar refractivity (Wildman–Crippen MR) is 75.0 cm³/mol. The van der Waals surface area contributed by atoms with Crippen LogP contribution in [-0.4, -0.2) is 40.9 Å². The molecule has 6 heteroatoms.